The Morgan fingerprint density at radius 2 is 0.434 bits per heavy atom. The van der Waals surface area contributed by atoms with Crippen LogP contribution in [0.1, 0.15) is 380 Å². The summed E-state index contributed by atoms with van der Waals surface area (Å²) >= 11 is 0. The van der Waals surface area contributed by atoms with Gasteiger partial charge in [0.05, 0.1) is 0 Å². The number of rotatable bonds is 67. The minimum Gasteiger partial charge on any atom is -0.462 e. The predicted octanol–water partition coefficient (Wildman–Crippen LogP) is 25.2. The van der Waals surface area contributed by atoms with Crippen molar-refractivity contribution in [1.82, 2.24) is 0 Å². The summed E-state index contributed by atoms with van der Waals surface area (Å²) < 4.78 is 17.0. The number of unbranched alkanes of at least 4 members (excludes halogenated alkanes) is 44. The Labute approximate surface area is 516 Å². The zero-order valence-electron chi connectivity index (χ0n) is 55.5. The van der Waals surface area contributed by atoms with Crippen molar-refractivity contribution in [3.05, 3.63) is 72.9 Å². The lowest BCUT2D eigenvalue weighted by Crippen LogP contribution is -2.30. The molecule has 0 aromatic heterocycles. The Morgan fingerprint density at radius 1 is 0.241 bits per heavy atom. The molecule has 0 aliphatic rings. The molecule has 0 bridgehead atoms. The van der Waals surface area contributed by atoms with Crippen LogP contribution in [-0.2, 0) is 28.6 Å². The van der Waals surface area contributed by atoms with E-state index >= 15 is 0 Å². The molecular formula is C77H138O6. The third-order valence-corrected chi connectivity index (χ3v) is 16.2. The quantitative estimate of drug-likeness (QED) is 0.0261. The topological polar surface area (TPSA) is 78.9 Å². The van der Waals surface area contributed by atoms with Crippen molar-refractivity contribution in [2.45, 2.75) is 386 Å². The molecule has 6 heteroatoms. The molecular weight excluding hydrogens is 1020 g/mol. The predicted molar refractivity (Wildman–Crippen MR) is 362 cm³/mol. The van der Waals surface area contributed by atoms with E-state index in [-0.39, 0.29) is 31.1 Å². The van der Waals surface area contributed by atoms with Crippen LogP contribution in [0.25, 0.3) is 0 Å². The molecule has 482 valence electrons. The van der Waals surface area contributed by atoms with E-state index in [1.54, 1.807) is 0 Å². The average molecular weight is 1160 g/mol. The van der Waals surface area contributed by atoms with Crippen molar-refractivity contribution in [3.63, 3.8) is 0 Å². The van der Waals surface area contributed by atoms with Gasteiger partial charge in [0, 0.05) is 19.3 Å². The highest BCUT2D eigenvalue weighted by Gasteiger charge is 2.19. The van der Waals surface area contributed by atoms with Crippen molar-refractivity contribution in [2.75, 3.05) is 13.2 Å². The number of ether oxygens (including phenoxy) is 3. The van der Waals surface area contributed by atoms with E-state index in [1.165, 1.54) is 250 Å². The largest absolute Gasteiger partial charge is 0.462 e. The van der Waals surface area contributed by atoms with E-state index in [4.69, 9.17) is 14.2 Å². The van der Waals surface area contributed by atoms with Gasteiger partial charge < -0.3 is 14.2 Å². The molecule has 83 heavy (non-hydrogen) atoms. The van der Waals surface area contributed by atoms with Gasteiger partial charge in [-0.15, -0.1) is 0 Å². The SMILES string of the molecule is CCCCC/C=C\C/C=C\C/C=C\CCCCCCCCC(=O)OCC(COC(=O)CCCCCCCCCCCC/C=C\C/C=C\C/C=C\CCCCCCC)OC(=O)CCCCCCCCCCCCCCCCCCCCCCC. The summed E-state index contributed by atoms with van der Waals surface area (Å²) in [7, 11) is 0. The fraction of sp³-hybridized carbons (Fsp3) is 0.805. The molecule has 0 spiro atoms. The third-order valence-electron chi connectivity index (χ3n) is 16.2. The molecule has 1 unspecified atom stereocenters. The maximum Gasteiger partial charge on any atom is 0.306 e. The molecule has 0 heterocycles. The molecule has 0 N–H and O–H groups in total. The van der Waals surface area contributed by atoms with E-state index < -0.39 is 6.10 Å². The Kier molecular flexibility index (Phi) is 68.6. The monoisotopic (exact) mass is 1160 g/mol. The highest BCUT2D eigenvalue weighted by atomic mass is 16.6. The van der Waals surface area contributed by atoms with Gasteiger partial charge in [-0.2, -0.15) is 0 Å². The first-order valence-corrected chi connectivity index (χ1v) is 36.4. The van der Waals surface area contributed by atoms with E-state index in [0.29, 0.717) is 19.3 Å². The lowest BCUT2D eigenvalue weighted by atomic mass is 10.0. The first-order chi connectivity index (χ1) is 41.0. The van der Waals surface area contributed by atoms with Gasteiger partial charge in [-0.05, 0) is 96.3 Å². The van der Waals surface area contributed by atoms with E-state index in [0.717, 1.165) is 89.9 Å². The van der Waals surface area contributed by atoms with Gasteiger partial charge in [0.1, 0.15) is 13.2 Å². The standard InChI is InChI=1S/C77H138O6/c1-4-7-10-13-16-19-22-25-28-31-34-36-37-38-39-41-43-46-49-52-55-58-61-64-67-70-76(79)82-73-74(72-81-75(78)69-66-63-60-57-54-51-48-45-42-33-30-27-24-21-18-15-12-9-6-3)83-77(80)71-68-65-62-59-56-53-50-47-44-40-35-32-29-26-23-20-17-14-11-8-5-2/h18,21-22,25,27,30-31,34,37-38,42,45,74H,4-17,19-20,23-24,26,28-29,32-33,35-36,39-41,43-44,46-73H2,1-3H3/b21-18-,25-22-,30-27-,34-31-,38-37-,45-42-. The van der Waals surface area contributed by atoms with Crippen LogP contribution in [-0.4, -0.2) is 37.2 Å². The summed E-state index contributed by atoms with van der Waals surface area (Å²) in [5.74, 6) is -0.870. The van der Waals surface area contributed by atoms with Gasteiger partial charge in [0.15, 0.2) is 6.10 Å². The van der Waals surface area contributed by atoms with Gasteiger partial charge in [-0.3, -0.25) is 14.4 Å². The molecule has 0 saturated carbocycles. The molecule has 0 aliphatic carbocycles. The minimum absolute atomic E-state index is 0.0784. The van der Waals surface area contributed by atoms with Gasteiger partial charge in [0.2, 0.25) is 0 Å². The number of esters is 3. The summed E-state index contributed by atoms with van der Waals surface area (Å²) in [5.41, 5.74) is 0. The van der Waals surface area contributed by atoms with Crippen LogP contribution >= 0.6 is 0 Å². The molecule has 0 aromatic rings. The molecule has 0 amide bonds. The Hall–Kier alpha value is -3.15. The Morgan fingerprint density at radius 3 is 0.699 bits per heavy atom. The smallest absolute Gasteiger partial charge is 0.306 e. The molecule has 6 nitrogen and oxygen atoms in total. The zero-order chi connectivity index (χ0) is 59.9. The van der Waals surface area contributed by atoms with Gasteiger partial charge in [-0.1, -0.05) is 338 Å². The zero-order valence-corrected chi connectivity index (χ0v) is 55.5. The molecule has 1 atom stereocenters. The van der Waals surface area contributed by atoms with Crippen LogP contribution in [0.15, 0.2) is 72.9 Å². The first kappa shape index (κ1) is 79.8. The van der Waals surface area contributed by atoms with Crippen LogP contribution in [0.2, 0.25) is 0 Å². The van der Waals surface area contributed by atoms with E-state index in [9.17, 15) is 14.4 Å². The summed E-state index contributed by atoms with van der Waals surface area (Å²) in [6.07, 6.45) is 93.5. The number of allylic oxidation sites excluding steroid dienone is 12. The van der Waals surface area contributed by atoms with Crippen LogP contribution < -0.4 is 0 Å². The van der Waals surface area contributed by atoms with Crippen molar-refractivity contribution >= 4 is 17.9 Å². The fourth-order valence-electron chi connectivity index (χ4n) is 10.7. The van der Waals surface area contributed by atoms with Crippen molar-refractivity contribution in [1.29, 1.82) is 0 Å². The Bertz CT molecular complexity index is 1520. The summed E-state index contributed by atoms with van der Waals surface area (Å²) in [5, 5.41) is 0. The first-order valence-electron chi connectivity index (χ1n) is 36.4. The molecule has 0 rings (SSSR count). The summed E-state index contributed by atoms with van der Waals surface area (Å²) in [6, 6.07) is 0. The molecule has 0 saturated heterocycles. The summed E-state index contributed by atoms with van der Waals surface area (Å²) in [4.78, 5) is 38.5. The fourth-order valence-corrected chi connectivity index (χ4v) is 10.7. The lowest BCUT2D eigenvalue weighted by molar-refractivity contribution is -0.167. The summed E-state index contributed by atoms with van der Waals surface area (Å²) in [6.45, 7) is 6.65. The van der Waals surface area contributed by atoms with Crippen LogP contribution in [0.5, 0.6) is 0 Å². The van der Waals surface area contributed by atoms with Gasteiger partial charge >= 0.3 is 17.9 Å². The van der Waals surface area contributed by atoms with Crippen LogP contribution in [0.3, 0.4) is 0 Å². The van der Waals surface area contributed by atoms with Crippen molar-refractivity contribution in [3.8, 4) is 0 Å². The third kappa shape index (κ3) is 69.5. The number of hydrogen-bond donors (Lipinski definition) is 0. The van der Waals surface area contributed by atoms with Gasteiger partial charge in [0.25, 0.3) is 0 Å². The highest BCUT2D eigenvalue weighted by molar-refractivity contribution is 5.71. The number of carbonyl (C=O) groups is 3. The normalized spacial score (nSPS) is 12.5. The second kappa shape index (κ2) is 71.3. The number of hydrogen-bond acceptors (Lipinski definition) is 6. The second-order valence-electron chi connectivity index (χ2n) is 24.5. The van der Waals surface area contributed by atoms with E-state index in [2.05, 4.69) is 93.7 Å². The molecule has 0 aromatic carbocycles. The van der Waals surface area contributed by atoms with Crippen LogP contribution in [0.4, 0.5) is 0 Å². The maximum absolute atomic E-state index is 13.0. The Balaban J connectivity index is 4.36. The number of carbonyl (C=O) groups excluding carboxylic acids is 3. The minimum atomic E-state index is -0.784. The van der Waals surface area contributed by atoms with Crippen LogP contribution in [0, 0.1) is 0 Å². The van der Waals surface area contributed by atoms with E-state index in [1.807, 2.05) is 0 Å². The van der Waals surface area contributed by atoms with Crippen molar-refractivity contribution < 1.29 is 28.6 Å². The maximum atomic E-state index is 13.0. The average Bonchev–Trinajstić information content (AvgIpc) is 3.49. The van der Waals surface area contributed by atoms with Crippen molar-refractivity contribution in [2.24, 2.45) is 0 Å². The molecule has 0 radical (unpaired) electrons. The lowest BCUT2D eigenvalue weighted by Gasteiger charge is -2.18. The molecule has 0 aliphatic heterocycles. The second-order valence-corrected chi connectivity index (χ2v) is 24.5. The molecule has 0 fully saturated rings. The highest BCUT2D eigenvalue weighted by Crippen LogP contribution is 2.18. The van der Waals surface area contributed by atoms with Gasteiger partial charge in [-0.25, -0.2) is 0 Å².